The van der Waals surface area contributed by atoms with Crippen molar-refractivity contribution in [2.45, 2.75) is 51.7 Å². The van der Waals surface area contributed by atoms with Crippen LogP contribution < -0.4 is 0 Å². The third kappa shape index (κ3) is 2.89. The zero-order chi connectivity index (χ0) is 12.3. The number of rotatable bonds is 5. The highest BCUT2D eigenvalue weighted by Gasteiger charge is 2.22. The molecule has 0 spiro atoms. The van der Waals surface area contributed by atoms with Crippen molar-refractivity contribution >= 4 is 11.8 Å². The summed E-state index contributed by atoms with van der Waals surface area (Å²) in [6, 6.07) is 2.67. The largest absolute Gasteiger partial charge is 0.388 e. The summed E-state index contributed by atoms with van der Waals surface area (Å²) in [6.07, 6.45) is 6.34. The molecular weight excluding hydrogens is 230 g/mol. The second-order valence-electron chi connectivity index (χ2n) is 4.87. The molecule has 0 radical (unpaired) electrons. The van der Waals surface area contributed by atoms with Gasteiger partial charge in [-0.25, -0.2) is 0 Å². The van der Waals surface area contributed by atoms with Crippen LogP contribution in [0.25, 0.3) is 0 Å². The molecule has 2 unspecified atom stereocenters. The number of aliphatic hydroxyl groups is 1. The predicted molar refractivity (Wildman–Crippen MR) is 74.7 cm³/mol. The zero-order valence-corrected chi connectivity index (χ0v) is 11.7. The monoisotopic (exact) mass is 253 g/mol. The first kappa shape index (κ1) is 13.0. The highest BCUT2D eigenvalue weighted by molar-refractivity contribution is 7.99. The van der Waals surface area contributed by atoms with E-state index in [0.29, 0.717) is 6.04 Å². The third-order valence-electron chi connectivity index (χ3n) is 3.67. The van der Waals surface area contributed by atoms with Gasteiger partial charge in [0, 0.05) is 23.5 Å². The fraction of sp³-hybridized carbons (Fsp3) is 0.714. The number of fused-ring (bicyclic) bond motifs is 1. The molecule has 0 amide bonds. The number of aliphatic hydroxyl groups excluding tert-OH is 1. The fourth-order valence-corrected chi connectivity index (χ4v) is 3.44. The Morgan fingerprint density at radius 3 is 3.18 bits per heavy atom. The average Bonchev–Trinajstić information content (AvgIpc) is 2.74. The van der Waals surface area contributed by atoms with Gasteiger partial charge < -0.3 is 9.67 Å². The molecule has 3 heteroatoms. The second kappa shape index (κ2) is 5.96. The molecule has 0 aromatic carbocycles. The van der Waals surface area contributed by atoms with Gasteiger partial charge in [0.1, 0.15) is 0 Å². The minimum absolute atomic E-state index is 0.225. The van der Waals surface area contributed by atoms with Crippen molar-refractivity contribution in [3.63, 3.8) is 0 Å². The topological polar surface area (TPSA) is 25.2 Å². The van der Waals surface area contributed by atoms with Gasteiger partial charge in [0.25, 0.3) is 0 Å². The summed E-state index contributed by atoms with van der Waals surface area (Å²) < 4.78 is 2.38. The molecule has 1 aliphatic rings. The molecule has 1 aliphatic carbocycles. The van der Waals surface area contributed by atoms with Crippen LogP contribution in [-0.2, 0) is 6.42 Å². The third-order valence-corrected chi connectivity index (χ3v) is 4.60. The van der Waals surface area contributed by atoms with E-state index in [1.54, 1.807) is 0 Å². The molecule has 96 valence electrons. The average molecular weight is 253 g/mol. The van der Waals surface area contributed by atoms with Crippen LogP contribution in [0.5, 0.6) is 0 Å². The van der Waals surface area contributed by atoms with Gasteiger partial charge >= 0.3 is 0 Å². The minimum Gasteiger partial charge on any atom is -0.388 e. The van der Waals surface area contributed by atoms with Crippen LogP contribution in [0.15, 0.2) is 12.3 Å². The Morgan fingerprint density at radius 1 is 1.59 bits per heavy atom. The van der Waals surface area contributed by atoms with Crippen molar-refractivity contribution in [1.29, 1.82) is 0 Å². The molecule has 1 aromatic heterocycles. The maximum Gasteiger partial charge on any atom is 0.0807 e. The van der Waals surface area contributed by atoms with Crippen molar-refractivity contribution in [2.24, 2.45) is 0 Å². The number of hydrogen-bond donors (Lipinski definition) is 1. The Morgan fingerprint density at radius 2 is 2.41 bits per heavy atom. The highest BCUT2D eigenvalue weighted by atomic mass is 32.2. The first-order chi connectivity index (χ1) is 8.24. The maximum absolute atomic E-state index is 9.95. The summed E-state index contributed by atoms with van der Waals surface area (Å²) in [7, 11) is 0. The summed E-state index contributed by atoms with van der Waals surface area (Å²) in [5.41, 5.74) is 2.55. The lowest BCUT2D eigenvalue weighted by Gasteiger charge is -2.23. The first-order valence-electron chi connectivity index (χ1n) is 6.69. The van der Waals surface area contributed by atoms with Gasteiger partial charge in [-0.15, -0.1) is 0 Å². The van der Waals surface area contributed by atoms with Crippen LogP contribution in [-0.4, -0.2) is 21.2 Å². The van der Waals surface area contributed by atoms with Crippen LogP contribution in [0.1, 0.15) is 56.5 Å². The van der Waals surface area contributed by atoms with E-state index in [-0.39, 0.29) is 6.10 Å². The molecule has 1 heterocycles. The SMILES string of the molecule is CCSCCC(C)n1ccc2c1CCCC2O. The maximum atomic E-state index is 9.95. The second-order valence-corrected chi connectivity index (χ2v) is 6.26. The van der Waals surface area contributed by atoms with E-state index in [0.717, 1.165) is 19.3 Å². The molecule has 0 saturated carbocycles. The Balaban J connectivity index is 2.05. The van der Waals surface area contributed by atoms with Crippen LogP contribution in [0.3, 0.4) is 0 Å². The fourth-order valence-electron chi connectivity index (χ4n) is 2.64. The molecule has 1 aromatic rings. The molecule has 2 rings (SSSR count). The molecule has 0 bridgehead atoms. The van der Waals surface area contributed by atoms with Gasteiger partial charge in [-0.1, -0.05) is 6.92 Å². The molecule has 0 fully saturated rings. The van der Waals surface area contributed by atoms with Gasteiger partial charge in [0.2, 0.25) is 0 Å². The first-order valence-corrected chi connectivity index (χ1v) is 7.85. The van der Waals surface area contributed by atoms with E-state index in [1.165, 1.54) is 29.2 Å². The Hall–Kier alpha value is -0.410. The van der Waals surface area contributed by atoms with Crippen LogP contribution >= 0.6 is 11.8 Å². The van der Waals surface area contributed by atoms with Crippen molar-refractivity contribution in [3.05, 3.63) is 23.5 Å². The summed E-state index contributed by atoms with van der Waals surface area (Å²) in [4.78, 5) is 0. The summed E-state index contributed by atoms with van der Waals surface area (Å²) in [5, 5.41) is 9.95. The predicted octanol–water partition coefficient (Wildman–Crippen LogP) is 3.56. The molecule has 17 heavy (non-hydrogen) atoms. The van der Waals surface area contributed by atoms with E-state index in [9.17, 15) is 5.11 Å². The Kier molecular flexibility index (Phi) is 4.57. The zero-order valence-electron chi connectivity index (χ0n) is 10.9. The van der Waals surface area contributed by atoms with Gasteiger partial charge in [0.15, 0.2) is 0 Å². The van der Waals surface area contributed by atoms with E-state index in [1.807, 2.05) is 11.8 Å². The number of aromatic nitrogens is 1. The summed E-state index contributed by atoms with van der Waals surface area (Å²) in [5.74, 6) is 2.43. The summed E-state index contributed by atoms with van der Waals surface area (Å²) >= 11 is 2.01. The number of thioether (sulfide) groups is 1. The van der Waals surface area contributed by atoms with Crippen molar-refractivity contribution in [3.8, 4) is 0 Å². The molecule has 1 N–H and O–H groups in total. The molecular formula is C14H23NOS. The van der Waals surface area contributed by atoms with E-state index in [4.69, 9.17) is 0 Å². The molecule has 2 atom stereocenters. The van der Waals surface area contributed by atoms with Gasteiger partial charge in [0.05, 0.1) is 6.10 Å². The highest BCUT2D eigenvalue weighted by Crippen LogP contribution is 2.32. The van der Waals surface area contributed by atoms with Crippen molar-refractivity contribution in [2.75, 3.05) is 11.5 Å². The van der Waals surface area contributed by atoms with Crippen molar-refractivity contribution < 1.29 is 5.11 Å². The standard InChI is InChI=1S/C14H23NOS/c1-3-17-10-8-11(2)15-9-7-12-13(15)5-4-6-14(12)16/h7,9,11,14,16H,3-6,8,10H2,1-2H3. The lowest BCUT2D eigenvalue weighted by atomic mass is 9.95. The van der Waals surface area contributed by atoms with Crippen LogP contribution in [0.2, 0.25) is 0 Å². The van der Waals surface area contributed by atoms with E-state index in [2.05, 4.69) is 30.7 Å². The van der Waals surface area contributed by atoms with Gasteiger partial charge in [-0.3, -0.25) is 0 Å². The van der Waals surface area contributed by atoms with E-state index >= 15 is 0 Å². The smallest absolute Gasteiger partial charge is 0.0807 e. The lowest BCUT2D eigenvalue weighted by Crippen LogP contribution is -2.14. The molecule has 0 saturated heterocycles. The Labute approximate surface area is 108 Å². The molecule has 2 nitrogen and oxygen atoms in total. The van der Waals surface area contributed by atoms with Gasteiger partial charge in [-0.05, 0) is 50.2 Å². The van der Waals surface area contributed by atoms with Crippen LogP contribution in [0.4, 0.5) is 0 Å². The van der Waals surface area contributed by atoms with Crippen LogP contribution in [0, 0.1) is 0 Å². The summed E-state index contributed by atoms with van der Waals surface area (Å²) in [6.45, 7) is 4.50. The number of nitrogens with zero attached hydrogens (tertiary/aromatic N) is 1. The normalized spacial score (nSPS) is 21.2. The van der Waals surface area contributed by atoms with E-state index < -0.39 is 0 Å². The lowest BCUT2D eigenvalue weighted by molar-refractivity contribution is 0.155. The number of hydrogen-bond acceptors (Lipinski definition) is 2. The minimum atomic E-state index is -0.225. The van der Waals surface area contributed by atoms with Gasteiger partial charge in [-0.2, -0.15) is 11.8 Å². The molecule has 0 aliphatic heterocycles. The quantitative estimate of drug-likeness (QED) is 0.812. The Bertz CT molecular complexity index is 361. The van der Waals surface area contributed by atoms with Crippen molar-refractivity contribution in [1.82, 2.24) is 4.57 Å².